The van der Waals surface area contributed by atoms with Crippen LogP contribution in [0.2, 0.25) is 5.02 Å². The fraction of sp³-hybridized carbons (Fsp3) is 0.250. The van der Waals surface area contributed by atoms with Crippen molar-refractivity contribution in [3.05, 3.63) is 67.9 Å². The summed E-state index contributed by atoms with van der Waals surface area (Å²) in [4.78, 5) is 0. The normalized spacial score (nSPS) is 12.5. The second-order valence-corrected chi connectivity index (χ2v) is 6.25. The van der Waals surface area contributed by atoms with Crippen molar-refractivity contribution in [2.75, 3.05) is 7.05 Å². The van der Waals surface area contributed by atoms with E-state index in [2.05, 4.69) is 21.2 Å². The molecule has 20 heavy (non-hydrogen) atoms. The molecule has 0 aromatic heterocycles. The third-order valence-electron chi connectivity index (χ3n) is 3.28. The highest BCUT2D eigenvalue weighted by Gasteiger charge is 2.19. The molecular weight excluding hydrogens is 341 g/mol. The van der Waals surface area contributed by atoms with Crippen molar-refractivity contribution < 1.29 is 4.39 Å². The Kier molecular flexibility index (Phi) is 4.84. The van der Waals surface area contributed by atoms with Crippen LogP contribution in [0.4, 0.5) is 4.39 Å². The Hall–Kier alpha value is -0.900. The summed E-state index contributed by atoms with van der Waals surface area (Å²) in [6, 6.07) is 8.94. The average Bonchev–Trinajstić information content (AvgIpc) is 2.32. The summed E-state index contributed by atoms with van der Waals surface area (Å²) >= 11 is 9.52. The van der Waals surface area contributed by atoms with Crippen molar-refractivity contribution in [2.45, 2.75) is 19.9 Å². The fourth-order valence-corrected chi connectivity index (χ4v) is 3.40. The lowest BCUT2D eigenvalue weighted by Gasteiger charge is -2.21. The summed E-state index contributed by atoms with van der Waals surface area (Å²) in [6.07, 6.45) is 0. The smallest absolute Gasteiger partial charge is 0.128 e. The largest absolute Gasteiger partial charge is 0.309 e. The van der Waals surface area contributed by atoms with Crippen molar-refractivity contribution in [3.63, 3.8) is 0 Å². The highest BCUT2D eigenvalue weighted by molar-refractivity contribution is 9.10. The molecule has 0 spiro atoms. The minimum Gasteiger partial charge on any atom is -0.309 e. The Morgan fingerprint density at radius 1 is 1.15 bits per heavy atom. The first-order valence-corrected chi connectivity index (χ1v) is 7.49. The predicted molar refractivity (Wildman–Crippen MR) is 85.9 cm³/mol. The molecule has 0 fully saturated rings. The molecule has 1 atom stereocenters. The summed E-state index contributed by atoms with van der Waals surface area (Å²) in [5.74, 6) is -0.196. The lowest BCUT2D eigenvalue weighted by Crippen LogP contribution is -2.20. The van der Waals surface area contributed by atoms with Gasteiger partial charge in [-0.2, -0.15) is 0 Å². The van der Waals surface area contributed by atoms with Crippen LogP contribution in [0.1, 0.15) is 28.3 Å². The Morgan fingerprint density at radius 3 is 2.40 bits per heavy atom. The number of aryl methyl sites for hydroxylation is 2. The van der Waals surface area contributed by atoms with E-state index in [9.17, 15) is 4.39 Å². The minimum atomic E-state index is -0.231. The maximum Gasteiger partial charge on any atom is 0.128 e. The van der Waals surface area contributed by atoms with Crippen LogP contribution in [0.15, 0.2) is 34.8 Å². The molecule has 2 aromatic rings. The lowest BCUT2D eigenvalue weighted by molar-refractivity contribution is 0.572. The molecule has 0 bridgehead atoms. The molecule has 0 aliphatic heterocycles. The molecule has 106 valence electrons. The molecular formula is C16H16BrClFN. The van der Waals surface area contributed by atoms with Crippen LogP contribution < -0.4 is 5.32 Å². The van der Waals surface area contributed by atoms with E-state index in [0.29, 0.717) is 10.6 Å². The third-order valence-corrected chi connectivity index (χ3v) is 3.95. The Balaban J connectivity index is 2.58. The summed E-state index contributed by atoms with van der Waals surface area (Å²) in [7, 11) is 1.82. The van der Waals surface area contributed by atoms with Gasteiger partial charge in [0.1, 0.15) is 5.82 Å². The van der Waals surface area contributed by atoms with Crippen LogP contribution in [0.5, 0.6) is 0 Å². The van der Waals surface area contributed by atoms with Crippen molar-refractivity contribution in [1.82, 2.24) is 5.32 Å². The van der Waals surface area contributed by atoms with Gasteiger partial charge in [0, 0.05) is 15.1 Å². The minimum absolute atomic E-state index is 0.196. The second kappa shape index (κ2) is 6.25. The van der Waals surface area contributed by atoms with Gasteiger partial charge in [-0.3, -0.25) is 0 Å². The molecule has 0 aliphatic rings. The number of hydrogen-bond acceptors (Lipinski definition) is 1. The first kappa shape index (κ1) is 15.5. The molecule has 1 N–H and O–H groups in total. The SMILES string of the molecule is CNC(c1cc(Cl)cc(Br)c1)c1c(C)cc(C)cc1F. The Morgan fingerprint density at radius 2 is 1.85 bits per heavy atom. The molecule has 0 amide bonds. The van der Waals surface area contributed by atoms with Crippen LogP contribution in [-0.2, 0) is 0 Å². The number of benzene rings is 2. The zero-order chi connectivity index (χ0) is 14.9. The van der Waals surface area contributed by atoms with Gasteiger partial charge in [-0.05, 0) is 61.9 Å². The second-order valence-electron chi connectivity index (χ2n) is 4.90. The highest BCUT2D eigenvalue weighted by atomic mass is 79.9. The van der Waals surface area contributed by atoms with Crippen LogP contribution >= 0.6 is 27.5 Å². The van der Waals surface area contributed by atoms with Crippen molar-refractivity contribution in [2.24, 2.45) is 0 Å². The molecule has 0 heterocycles. The monoisotopic (exact) mass is 355 g/mol. The quantitative estimate of drug-likeness (QED) is 0.800. The summed E-state index contributed by atoms with van der Waals surface area (Å²) in [5, 5.41) is 3.80. The van der Waals surface area contributed by atoms with Crippen molar-refractivity contribution in [1.29, 1.82) is 0 Å². The Labute approximate surface area is 132 Å². The standard InChI is InChI=1S/C16H16BrClFN/c1-9-4-10(2)15(14(19)5-9)16(20-3)11-6-12(17)8-13(18)7-11/h4-8,16,20H,1-3H3. The summed E-state index contributed by atoms with van der Waals surface area (Å²) in [6.45, 7) is 3.82. The number of halogens is 3. The van der Waals surface area contributed by atoms with Crippen LogP contribution in [0.25, 0.3) is 0 Å². The van der Waals surface area contributed by atoms with Gasteiger partial charge < -0.3 is 5.32 Å². The number of hydrogen-bond donors (Lipinski definition) is 1. The molecule has 1 unspecified atom stereocenters. The van der Waals surface area contributed by atoms with Crippen molar-refractivity contribution in [3.8, 4) is 0 Å². The average molecular weight is 357 g/mol. The van der Waals surface area contributed by atoms with E-state index in [-0.39, 0.29) is 11.9 Å². The van der Waals surface area contributed by atoms with E-state index in [1.54, 1.807) is 6.07 Å². The molecule has 4 heteroatoms. The zero-order valence-corrected chi connectivity index (χ0v) is 13.9. The van der Waals surface area contributed by atoms with Gasteiger partial charge in [0.05, 0.1) is 6.04 Å². The van der Waals surface area contributed by atoms with Crippen LogP contribution in [-0.4, -0.2) is 7.05 Å². The highest BCUT2D eigenvalue weighted by Crippen LogP contribution is 2.31. The van der Waals surface area contributed by atoms with Crippen LogP contribution in [0, 0.1) is 19.7 Å². The van der Waals surface area contributed by atoms with Gasteiger partial charge >= 0.3 is 0 Å². The van der Waals surface area contributed by atoms with Crippen molar-refractivity contribution >= 4 is 27.5 Å². The molecule has 1 nitrogen and oxygen atoms in total. The van der Waals surface area contributed by atoms with E-state index in [1.165, 1.54) is 0 Å². The third kappa shape index (κ3) is 3.22. The van der Waals surface area contributed by atoms with Gasteiger partial charge in [0.15, 0.2) is 0 Å². The topological polar surface area (TPSA) is 12.0 Å². The zero-order valence-electron chi connectivity index (χ0n) is 11.6. The fourth-order valence-electron chi connectivity index (χ4n) is 2.51. The van der Waals surface area contributed by atoms with Gasteiger partial charge in [0.25, 0.3) is 0 Å². The van der Waals surface area contributed by atoms with E-state index < -0.39 is 0 Å². The summed E-state index contributed by atoms with van der Waals surface area (Å²) in [5.41, 5.74) is 3.44. The van der Waals surface area contributed by atoms with E-state index >= 15 is 0 Å². The van der Waals surface area contributed by atoms with Gasteiger partial charge in [-0.25, -0.2) is 4.39 Å². The van der Waals surface area contributed by atoms with Crippen LogP contribution in [0.3, 0.4) is 0 Å². The molecule has 0 radical (unpaired) electrons. The Bertz CT molecular complexity index is 599. The molecule has 2 aromatic carbocycles. The molecule has 2 rings (SSSR count). The first-order chi connectivity index (χ1) is 9.42. The molecule has 0 saturated heterocycles. The van der Waals surface area contributed by atoms with E-state index in [1.807, 2.05) is 45.2 Å². The number of rotatable bonds is 3. The number of nitrogens with one attached hydrogen (secondary N) is 1. The van der Waals surface area contributed by atoms with Gasteiger partial charge in [-0.15, -0.1) is 0 Å². The molecule has 0 saturated carbocycles. The maximum atomic E-state index is 14.4. The predicted octanol–water partition coefficient (Wildman–Crippen LogP) is 5.17. The maximum absolute atomic E-state index is 14.4. The summed E-state index contributed by atoms with van der Waals surface area (Å²) < 4.78 is 15.2. The lowest BCUT2D eigenvalue weighted by atomic mass is 9.93. The van der Waals surface area contributed by atoms with Gasteiger partial charge in [0.2, 0.25) is 0 Å². The van der Waals surface area contributed by atoms with E-state index in [4.69, 9.17) is 11.6 Å². The van der Waals surface area contributed by atoms with Gasteiger partial charge in [-0.1, -0.05) is 33.6 Å². The molecule has 0 aliphatic carbocycles. The van der Waals surface area contributed by atoms with E-state index in [0.717, 1.165) is 21.2 Å². The first-order valence-electron chi connectivity index (χ1n) is 6.32.